The summed E-state index contributed by atoms with van der Waals surface area (Å²) in [6.07, 6.45) is 3.81. The van der Waals surface area contributed by atoms with Crippen molar-refractivity contribution < 1.29 is 0 Å². The molecule has 3 heterocycles. The molecule has 1 aliphatic rings. The molecule has 0 fully saturated rings. The number of fused-ring (bicyclic) bond motifs is 7. The fourth-order valence-electron chi connectivity index (χ4n) is 9.91. The number of nitriles is 2. The zero-order valence-corrected chi connectivity index (χ0v) is 36.8. The Balaban J connectivity index is 0.000000184. The first-order valence-corrected chi connectivity index (χ1v) is 21.4. The molecule has 1 aliphatic carbocycles. The number of benzene rings is 7. The van der Waals surface area contributed by atoms with Crippen molar-refractivity contribution in [2.24, 2.45) is 0 Å². The molecule has 6 heteroatoms. The predicted octanol–water partition coefficient (Wildman–Crippen LogP) is 14.6. The van der Waals surface area contributed by atoms with Gasteiger partial charge in [0.05, 0.1) is 33.6 Å². The van der Waals surface area contributed by atoms with Crippen LogP contribution in [-0.2, 0) is 0 Å². The van der Waals surface area contributed by atoms with E-state index in [1.54, 1.807) is 0 Å². The van der Waals surface area contributed by atoms with Crippen molar-refractivity contribution in [2.75, 3.05) is 0 Å². The minimum atomic E-state index is 0.0519. The highest BCUT2D eigenvalue weighted by Crippen LogP contribution is 2.49. The van der Waals surface area contributed by atoms with Crippen LogP contribution < -0.4 is 0 Å². The highest BCUT2D eigenvalue weighted by atomic mass is 15.0. The Hall–Kier alpha value is -8.32. The van der Waals surface area contributed by atoms with Gasteiger partial charge in [-0.2, -0.15) is 10.5 Å². The molecule has 0 bridgehead atoms. The van der Waals surface area contributed by atoms with E-state index in [9.17, 15) is 10.5 Å². The smallest absolute Gasteiger partial charge is 0.177 e. The van der Waals surface area contributed by atoms with Crippen LogP contribution in [0.2, 0.25) is 0 Å². The third-order valence-corrected chi connectivity index (χ3v) is 13.0. The molecule has 64 heavy (non-hydrogen) atoms. The average Bonchev–Trinajstić information content (AvgIpc) is 3.94. The van der Waals surface area contributed by atoms with E-state index in [-0.39, 0.29) is 11.4 Å². The van der Waals surface area contributed by atoms with Gasteiger partial charge in [0.1, 0.15) is 12.1 Å². The lowest BCUT2D eigenvalue weighted by Crippen LogP contribution is -2.02. The topological polar surface area (TPSA) is 83.2 Å². The van der Waals surface area contributed by atoms with Gasteiger partial charge >= 0.3 is 0 Å². The molecule has 10 aromatic rings. The van der Waals surface area contributed by atoms with E-state index in [4.69, 9.17) is 0 Å². The number of rotatable bonds is 5. The fraction of sp³-hybridized carbons (Fsp3) is 0.103. The van der Waals surface area contributed by atoms with Crippen LogP contribution in [0.4, 0.5) is 0 Å². The lowest BCUT2D eigenvalue weighted by atomic mass is 9.89. The maximum atomic E-state index is 9.58. The van der Waals surface area contributed by atoms with Gasteiger partial charge in [-0.3, -0.25) is 0 Å². The summed E-state index contributed by atoms with van der Waals surface area (Å²) in [6.45, 7) is 21.2. The zero-order valence-electron chi connectivity index (χ0n) is 36.8. The Labute approximate surface area is 373 Å². The molecule has 6 nitrogen and oxygen atoms in total. The second kappa shape index (κ2) is 15.2. The third-order valence-electron chi connectivity index (χ3n) is 13.0. The minimum absolute atomic E-state index is 0.0519. The van der Waals surface area contributed by atoms with Gasteiger partial charge in [-0.25, -0.2) is 9.97 Å². The van der Waals surface area contributed by atoms with Crippen molar-refractivity contribution in [1.82, 2.24) is 19.1 Å². The van der Waals surface area contributed by atoms with Crippen molar-refractivity contribution in [1.29, 1.82) is 10.5 Å². The molecule has 3 aromatic heterocycles. The molecule has 0 aliphatic heterocycles. The predicted molar refractivity (Wildman–Crippen MR) is 265 cm³/mol. The fourth-order valence-corrected chi connectivity index (χ4v) is 9.91. The summed E-state index contributed by atoms with van der Waals surface area (Å²) >= 11 is 0. The molecule has 0 spiro atoms. The number of hydrogen-bond acceptors (Lipinski definition) is 4. The first-order valence-electron chi connectivity index (χ1n) is 21.4. The monoisotopic (exact) mass is 824 g/mol. The van der Waals surface area contributed by atoms with Gasteiger partial charge in [0.15, 0.2) is 11.4 Å². The van der Waals surface area contributed by atoms with Crippen molar-refractivity contribution in [2.45, 2.75) is 41.5 Å². The highest BCUT2D eigenvalue weighted by Gasteiger charge is 2.29. The maximum Gasteiger partial charge on any atom is 0.177 e. The zero-order chi connectivity index (χ0) is 44.6. The third kappa shape index (κ3) is 5.92. The van der Waals surface area contributed by atoms with Crippen LogP contribution in [0.3, 0.4) is 0 Å². The van der Waals surface area contributed by atoms with E-state index in [2.05, 4.69) is 189 Å². The standard InChI is InChI=1S/C37H25N5.C21H19N/c1-6-23-24-10-8-9-11-32(24)42(31(23)7-2)33-17-21(4)28(16-22(33)5)25-14-15-27-35-26(13-12-20(3)34(25)35)36-37(27)41-30(19-39)29(18-38)40-36;1-14-12-16(3)21(13-15(14)2)22-19-10-6-4-8-17(19)18-9-5-7-11-20(18)22/h6-17H,1-2H2,3-5H3;4-13H,1-3H3. The summed E-state index contributed by atoms with van der Waals surface area (Å²) in [4.78, 5) is 9.15. The van der Waals surface area contributed by atoms with Gasteiger partial charge in [-0.1, -0.05) is 104 Å². The van der Waals surface area contributed by atoms with Crippen LogP contribution in [-0.4, -0.2) is 19.1 Å². The number of aryl methyl sites for hydroxylation is 6. The summed E-state index contributed by atoms with van der Waals surface area (Å²) in [5, 5.41) is 25.1. The van der Waals surface area contributed by atoms with Gasteiger partial charge < -0.3 is 9.13 Å². The Kier molecular flexibility index (Phi) is 9.48. The van der Waals surface area contributed by atoms with Gasteiger partial charge in [-0.15, -0.1) is 0 Å². The van der Waals surface area contributed by atoms with E-state index in [1.807, 2.05) is 30.4 Å². The molecule has 0 atom stereocenters. The van der Waals surface area contributed by atoms with E-state index in [0.29, 0.717) is 11.4 Å². The summed E-state index contributed by atoms with van der Waals surface area (Å²) in [7, 11) is 0. The molecule has 0 amide bonds. The maximum absolute atomic E-state index is 9.58. The van der Waals surface area contributed by atoms with Crippen molar-refractivity contribution in [3.05, 3.63) is 191 Å². The SMILES string of the molecule is C=Cc1c(C=C)n(-c2cc(C)c(-c3ccc4c5c(ccc(C)c35)-c3nc(C#N)c(C#N)nc3-4)cc2C)c2ccccc12.Cc1cc(C)c(-n2c3ccccc3c3ccccc32)cc1C. The highest BCUT2D eigenvalue weighted by molar-refractivity contribution is 6.18. The molecule has 0 unspecified atom stereocenters. The first kappa shape index (κ1) is 39.8. The lowest BCUT2D eigenvalue weighted by molar-refractivity contribution is 1.08. The van der Waals surface area contributed by atoms with Crippen LogP contribution in [0, 0.1) is 64.2 Å². The Morgan fingerprint density at radius 3 is 1.52 bits per heavy atom. The molecular formula is C58H44N6. The van der Waals surface area contributed by atoms with Crippen LogP contribution >= 0.6 is 0 Å². The Morgan fingerprint density at radius 1 is 0.453 bits per heavy atom. The molecular weight excluding hydrogens is 781 g/mol. The summed E-state index contributed by atoms with van der Waals surface area (Å²) in [5.74, 6) is 0. The quantitative estimate of drug-likeness (QED) is 0.173. The van der Waals surface area contributed by atoms with Gasteiger partial charge in [0.25, 0.3) is 0 Å². The number of nitrogens with zero attached hydrogens (tertiary/aromatic N) is 6. The van der Waals surface area contributed by atoms with Gasteiger partial charge in [-0.05, 0) is 134 Å². The summed E-state index contributed by atoms with van der Waals surface area (Å²) in [5.41, 5.74) is 21.1. The second-order valence-electron chi connectivity index (χ2n) is 16.8. The number of aromatic nitrogens is 4. The molecule has 0 radical (unpaired) electrons. The summed E-state index contributed by atoms with van der Waals surface area (Å²) in [6, 6.07) is 47.2. The molecule has 0 saturated carbocycles. The number of hydrogen-bond donors (Lipinski definition) is 0. The van der Waals surface area contributed by atoms with Crippen LogP contribution in [0.1, 0.15) is 56.0 Å². The average molecular weight is 825 g/mol. The lowest BCUT2D eigenvalue weighted by Gasteiger charge is -2.18. The molecule has 7 aromatic carbocycles. The minimum Gasteiger partial charge on any atom is -0.309 e. The van der Waals surface area contributed by atoms with Crippen molar-refractivity contribution in [3.8, 4) is 57.2 Å². The van der Waals surface area contributed by atoms with Gasteiger partial charge in [0, 0.05) is 49.6 Å². The van der Waals surface area contributed by atoms with E-state index in [0.717, 1.165) is 77.6 Å². The normalized spacial score (nSPS) is 11.4. The van der Waals surface area contributed by atoms with Crippen LogP contribution in [0.5, 0.6) is 0 Å². The van der Waals surface area contributed by atoms with Crippen LogP contribution in [0.25, 0.3) is 101 Å². The first-order chi connectivity index (χ1) is 31.1. The molecule has 306 valence electrons. The van der Waals surface area contributed by atoms with Crippen molar-refractivity contribution >= 4 is 55.6 Å². The number of para-hydroxylation sites is 3. The molecule has 0 saturated heterocycles. The largest absolute Gasteiger partial charge is 0.309 e. The summed E-state index contributed by atoms with van der Waals surface area (Å²) < 4.78 is 4.67. The molecule has 11 rings (SSSR count). The van der Waals surface area contributed by atoms with E-state index in [1.165, 1.54) is 44.2 Å². The van der Waals surface area contributed by atoms with Crippen molar-refractivity contribution in [3.63, 3.8) is 0 Å². The Bertz CT molecular complexity index is 3650. The van der Waals surface area contributed by atoms with Crippen LogP contribution in [0.15, 0.2) is 134 Å². The van der Waals surface area contributed by atoms with E-state index >= 15 is 0 Å². The molecule has 0 N–H and O–H groups in total. The van der Waals surface area contributed by atoms with E-state index < -0.39 is 0 Å². The second-order valence-corrected chi connectivity index (χ2v) is 16.8. The van der Waals surface area contributed by atoms with Gasteiger partial charge in [0.2, 0.25) is 0 Å². The Morgan fingerprint density at radius 2 is 0.938 bits per heavy atom.